The molecule has 0 bridgehead atoms. The van der Waals surface area contributed by atoms with Crippen molar-refractivity contribution in [3.63, 3.8) is 0 Å². The van der Waals surface area contributed by atoms with Crippen LogP contribution in [0.2, 0.25) is 0 Å². The Morgan fingerprint density at radius 2 is 1.71 bits per heavy atom. The molecule has 4 rings (SSSR count). The quantitative estimate of drug-likeness (QED) is 0.778. The van der Waals surface area contributed by atoms with Gasteiger partial charge in [0.25, 0.3) is 0 Å². The van der Waals surface area contributed by atoms with E-state index in [0.717, 1.165) is 50.3 Å². The minimum atomic E-state index is 0.219. The minimum Gasteiger partial charge on any atom is -0.345 e. The lowest BCUT2D eigenvalue weighted by atomic mass is 10.1. The molecule has 0 radical (unpaired) electrons. The van der Waals surface area contributed by atoms with E-state index in [0.29, 0.717) is 24.4 Å². The first-order valence-electron chi connectivity index (χ1n) is 9.27. The first kappa shape index (κ1) is 15.9. The van der Waals surface area contributed by atoms with Gasteiger partial charge in [0.05, 0.1) is 6.54 Å². The summed E-state index contributed by atoms with van der Waals surface area (Å²) in [6, 6.07) is 2.67. The van der Waals surface area contributed by atoms with Crippen LogP contribution in [0.1, 0.15) is 53.5 Å². The van der Waals surface area contributed by atoms with Crippen LogP contribution in [-0.2, 0) is 4.79 Å². The van der Waals surface area contributed by atoms with Crippen LogP contribution in [0, 0.1) is 19.8 Å². The Morgan fingerprint density at radius 3 is 2.29 bits per heavy atom. The Kier molecular flexibility index (Phi) is 3.99. The third-order valence-corrected chi connectivity index (χ3v) is 5.67. The molecule has 5 heteroatoms. The van der Waals surface area contributed by atoms with Crippen LogP contribution in [0.25, 0.3) is 0 Å². The number of aryl methyl sites for hydroxylation is 1. The van der Waals surface area contributed by atoms with Crippen LogP contribution in [-0.4, -0.2) is 58.8 Å². The van der Waals surface area contributed by atoms with Crippen molar-refractivity contribution in [3.05, 3.63) is 23.0 Å². The van der Waals surface area contributed by atoms with Crippen molar-refractivity contribution in [1.82, 2.24) is 14.4 Å². The molecule has 3 aliphatic rings. The summed E-state index contributed by atoms with van der Waals surface area (Å²) in [6.07, 6.45) is 4.60. The fourth-order valence-corrected chi connectivity index (χ4v) is 3.96. The van der Waals surface area contributed by atoms with Crippen LogP contribution in [0.3, 0.4) is 0 Å². The van der Waals surface area contributed by atoms with Gasteiger partial charge in [-0.05, 0) is 45.6 Å². The number of carbonyl (C=O) groups excluding carboxylic acids is 2. The lowest BCUT2D eigenvalue weighted by Crippen LogP contribution is -2.50. The number of amides is 1. The molecule has 0 N–H and O–H groups in total. The largest absolute Gasteiger partial charge is 0.345 e. The number of hydrogen-bond acceptors (Lipinski definition) is 3. The van der Waals surface area contributed by atoms with Gasteiger partial charge in [-0.2, -0.15) is 0 Å². The van der Waals surface area contributed by atoms with Gasteiger partial charge in [-0.1, -0.05) is 0 Å². The predicted molar refractivity (Wildman–Crippen MR) is 92.3 cm³/mol. The van der Waals surface area contributed by atoms with E-state index in [1.807, 2.05) is 4.90 Å². The molecule has 1 aromatic rings. The molecule has 1 amide bonds. The average Bonchev–Trinajstić information content (AvgIpc) is 3.46. The second kappa shape index (κ2) is 6.03. The van der Waals surface area contributed by atoms with E-state index < -0.39 is 0 Å². The van der Waals surface area contributed by atoms with Crippen molar-refractivity contribution >= 4 is 11.7 Å². The van der Waals surface area contributed by atoms with Crippen molar-refractivity contribution in [1.29, 1.82) is 0 Å². The highest BCUT2D eigenvalue weighted by atomic mass is 16.2. The van der Waals surface area contributed by atoms with Gasteiger partial charge in [-0.3, -0.25) is 14.5 Å². The number of aromatic nitrogens is 1. The van der Waals surface area contributed by atoms with E-state index in [2.05, 4.69) is 29.4 Å². The molecule has 1 saturated heterocycles. The standard InChI is InChI=1S/C19H27N3O2/c1-13-11-17(14(2)22(13)16-5-6-16)18(23)12-20-7-9-21(10-8-20)19(24)15-3-4-15/h11,15-16H,3-10,12H2,1-2H3. The van der Waals surface area contributed by atoms with Gasteiger partial charge in [-0.15, -0.1) is 0 Å². The van der Waals surface area contributed by atoms with E-state index in [1.54, 1.807) is 0 Å². The number of nitrogens with zero attached hydrogens (tertiary/aromatic N) is 3. The Morgan fingerprint density at radius 1 is 1.04 bits per heavy atom. The fourth-order valence-electron chi connectivity index (χ4n) is 3.96. The Balaban J connectivity index is 1.35. The van der Waals surface area contributed by atoms with E-state index in [4.69, 9.17) is 0 Å². The average molecular weight is 329 g/mol. The van der Waals surface area contributed by atoms with E-state index >= 15 is 0 Å². The van der Waals surface area contributed by atoms with Crippen LogP contribution in [0.4, 0.5) is 0 Å². The molecule has 2 saturated carbocycles. The van der Waals surface area contributed by atoms with Crippen LogP contribution in [0.15, 0.2) is 6.07 Å². The number of hydrogen-bond donors (Lipinski definition) is 0. The SMILES string of the molecule is Cc1cc(C(=O)CN2CCN(C(=O)C3CC3)CC2)c(C)n1C1CC1. The summed E-state index contributed by atoms with van der Waals surface area (Å²) >= 11 is 0. The summed E-state index contributed by atoms with van der Waals surface area (Å²) in [5, 5.41) is 0. The predicted octanol–water partition coefficient (Wildman–Crippen LogP) is 2.18. The number of piperazine rings is 1. The highest BCUT2D eigenvalue weighted by Gasteiger charge is 2.35. The fraction of sp³-hybridized carbons (Fsp3) is 0.684. The summed E-state index contributed by atoms with van der Waals surface area (Å²) in [5.41, 5.74) is 3.22. The van der Waals surface area contributed by atoms with E-state index in [-0.39, 0.29) is 5.78 Å². The molecule has 0 aromatic carbocycles. The molecule has 1 aliphatic heterocycles. The minimum absolute atomic E-state index is 0.219. The summed E-state index contributed by atoms with van der Waals surface area (Å²) in [5.74, 6) is 0.844. The second-order valence-electron chi connectivity index (χ2n) is 7.68. The molecule has 0 spiro atoms. The molecule has 24 heavy (non-hydrogen) atoms. The van der Waals surface area contributed by atoms with Crippen molar-refractivity contribution in [2.75, 3.05) is 32.7 Å². The molecular formula is C19H27N3O2. The summed E-state index contributed by atoms with van der Waals surface area (Å²) < 4.78 is 2.33. The zero-order chi connectivity index (χ0) is 16.8. The molecular weight excluding hydrogens is 302 g/mol. The Bertz CT molecular complexity index is 662. The smallest absolute Gasteiger partial charge is 0.225 e. The molecule has 0 atom stereocenters. The zero-order valence-electron chi connectivity index (χ0n) is 14.8. The van der Waals surface area contributed by atoms with Gasteiger partial charge in [-0.25, -0.2) is 0 Å². The third-order valence-electron chi connectivity index (χ3n) is 5.67. The maximum Gasteiger partial charge on any atom is 0.225 e. The normalized spacial score (nSPS) is 22.0. The van der Waals surface area contributed by atoms with Crippen molar-refractivity contribution in [2.45, 2.75) is 45.6 Å². The lowest BCUT2D eigenvalue weighted by molar-refractivity contribution is -0.134. The van der Waals surface area contributed by atoms with Crippen LogP contribution < -0.4 is 0 Å². The molecule has 1 aromatic heterocycles. The Labute approximate surface area is 143 Å². The molecule has 130 valence electrons. The number of rotatable bonds is 5. The van der Waals surface area contributed by atoms with Crippen LogP contribution >= 0.6 is 0 Å². The maximum atomic E-state index is 12.7. The van der Waals surface area contributed by atoms with Gasteiger partial charge in [0, 0.05) is 55.1 Å². The molecule has 5 nitrogen and oxygen atoms in total. The second-order valence-corrected chi connectivity index (χ2v) is 7.68. The van der Waals surface area contributed by atoms with Crippen molar-refractivity contribution in [2.24, 2.45) is 5.92 Å². The van der Waals surface area contributed by atoms with Gasteiger partial charge in [0.15, 0.2) is 5.78 Å². The topological polar surface area (TPSA) is 45.6 Å². The molecule has 2 heterocycles. The van der Waals surface area contributed by atoms with Gasteiger partial charge >= 0.3 is 0 Å². The highest BCUT2D eigenvalue weighted by Crippen LogP contribution is 2.38. The first-order chi connectivity index (χ1) is 11.5. The monoisotopic (exact) mass is 329 g/mol. The van der Waals surface area contributed by atoms with Crippen LogP contribution in [0.5, 0.6) is 0 Å². The van der Waals surface area contributed by atoms with Crippen molar-refractivity contribution < 1.29 is 9.59 Å². The van der Waals surface area contributed by atoms with Gasteiger partial charge in [0.2, 0.25) is 5.91 Å². The Hall–Kier alpha value is -1.62. The summed E-state index contributed by atoms with van der Waals surface area (Å²) in [4.78, 5) is 29.0. The summed E-state index contributed by atoms with van der Waals surface area (Å²) in [6.45, 7) is 7.81. The zero-order valence-corrected chi connectivity index (χ0v) is 14.8. The summed E-state index contributed by atoms with van der Waals surface area (Å²) in [7, 11) is 0. The molecule has 2 aliphatic carbocycles. The maximum absolute atomic E-state index is 12.7. The van der Waals surface area contributed by atoms with Gasteiger partial charge < -0.3 is 9.47 Å². The highest BCUT2D eigenvalue weighted by molar-refractivity contribution is 5.99. The van der Waals surface area contributed by atoms with Crippen molar-refractivity contribution in [3.8, 4) is 0 Å². The number of Topliss-reactive ketones (excluding diaryl/α,β-unsaturated/α-hetero) is 1. The third kappa shape index (κ3) is 3.02. The number of ketones is 1. The number of carbonyl (C=O) groups is 2. The van der Waals surface area contributed by atoms with Gasteiger partial charge in [0.1, 0.15) is 0 Å². The van der Waals surface area contributed by atoms with E-state index in [1.165, 1.54) is 18.5 Å². The first-order valence-corrected chi connectivity index (χ1v) is 9.27. The molecule has 3 fully saturated rings. The molecule has 0 unspecified atom stereocenters. The lowest BCUT2D eigenvalue weighted by Gasteiger charge is -2.34. The van der Waals surface area contributed by atoms with E-state index in [9.17, 15) is 9.59 Å².